The summed E-state index contributed by atoms with van der Waals surface area (Å²) >= 11 is 0. The highest BCUT2D eigenvalue weighted by Gasteiger charge is 2.72. The first-order valence-electron chi connectivity index (χ1n) is 12.3. The Labute approximate surface area is 180 Å². The molecule has 1 spiro atoms. The molecule has 6 aliphatic rings. The Morgan fingerprint density at radius 2 is 1.83 bits per heavy atom. The minimum atomic E-state index is -0.324. The Bertz CT molecular complexity index is 941. The van der Waals surface area contributed by atoms with Crippen LogP contribution in [0.4, 0.5) is 0 Å². The summed E-state index contributed by atoms with van der Waals surface area (Å²) < 4.78 is 6.18. The number of allylic oxidation sites excluding steroid dienone is 3. The molecule has 0 aromatic rings. The number of carbonyl (C=O) groups excluding carboxylic acids is 1. The van der Waals surface area contributed by atoms with E-state index in [-0.39, 0.29) is 27.8 Å². The third-order valence-electron chi connectivity index (χ3n) is 11.6. The molecule has 1 heterocycles. The zero-order valence-corrected chi connectivity index (χ0v) is 18.9. The summed E-state index contributed by atoms with van der Waals surface area (Å²) in [6, 6.07) is 2.90. The van der Waals surface area contributed by atoms with Crippen molar-refractivity contribution in [3.63, 3.8) is 0 Å². The van der Waals surface area contributed by atoms with Crippen LogP contribution in [-0.4, -0.2) is 11.6 Å². The van der Waals surface area contributed by atoms with Crippen LogP contribution in [0.3, 0.4) is 0 Å². The lowest BCUT2D eigenvalue weighted by Crippen LogP contribution is -2.56. The van der Waals surface area contributed by atoms with Crippen molar-refractivity contribution in [2.24, 2.45) is 39.9 Å². The molecule has 5 aliphatic carbocycles. The normalized spacial score (nSPS) is 53.9. The van der Waals surface area contributed by atoms with Gasteiger partial charge in [0.15, 0.2) is 0 Å². The van der Waals surface area contributed by atoms with E-state index in [1.807, 2.05) is 0 Å². The first-order chi connectivity index (χ1) is 14.2. The van der Waals surface area contributed by atoms with Gasteiger partial charge in [-0.1, -0.05) is 38.0 Å². The monoisotopic (exact) mass is 405 g/mol. The van der Waals surface area contributed by atoms with Crippen LogP contribution in [0.15, 0.2) is 23.3 Å². The highest BCUT2D eigenvalue weighted by molar-refractivity contribution is 5.72. The molecule has 8 atom stereocenters. The minimum absolute atomic E-state index is 0.0168. The van der Waals surface area contributed by atoms with Gasteiger partial charge in [-0.05, 0) is 93.0 Å². The molecular formula is C27H35NO2. The van der Waals surface area contributed by atoms with Crippen molar-refractivity contribution >= 4 is 5.97 Å². The van der Waals surface area contributed by atoms with E-state index in [0.717, 1.165) is 32.1 Å². The summed E-state index contributed by atoms with van der Waals surface area (Å²) in [4.78, 5) is 12.2. The molecule has 160 valence electrons. The van der Waals surface area contributed by atoms with Crippen molar-refractivity contribution in [3.8, 4) is 6.07 Å². The fraction of sp³-hybridized carbons (Fsp3) is 0.778. The van der Waals surface area contributed by atoms with Crippen molar-refractivity contribution < 1.29 is 9.53 Å². The number of nitrogens with zero attached hydrogens (tertiary/aromatic N) is 1. The van der Waals surface area contributed by atoms with Crippen LogP contribution in [0, 0.1) is 51.2 Å². The van der Waals surface area contributed by atoms with Gasteiger partial charge >= 0.3 is 5.97 Å². The number of fused-ring (bicyclic) bond motifs is 7. The molecule has 1 aliphatic heterocycles. The Morgan fingerprint density at radius 1 is 1.07 bits per heavy atom. The highest BCUT2D eigenvalue weighted by atomic mass is 16.6. The van der Waals surface area contributed by atoms with Crippen LogP contribution < -0.4 is 0 Å². The molecule has 0 aromatic carbocycles. The minimum Gasteiger partial charge on any atom is -0.458 e. The van der Waals surface area contributed by atoms with Crippen molar-refractivity contribution in [1.29, 1.82) is 5.26 Å². The summed E-state index contributed by atoms with van der Waals surface area (Å²) in [5.41, 5.74) is 3.64. The number of carbonyl (C=O) groups is 1. The molecule has 5 fully saturated rings. The lowest BCUT2D eigenvalue weighted by Gasteiger charge is -2.59. The quantitative estimate of drug-likeness (QED) is 0.457. The van der Waals surface area contributed by atoms with Crippen LogP contribution in [-0.2, 0) is 9.53 Å². The molecule has 1 saturated heterocycles. The second kappa shape index (κ2) is 5.62. The van der Waals surface area contributed by atoms with E-state index in [1.165, 1.54) is 42.4 Å². The van der Waals surface area contributed by atoms with E-state index in [9.17, 15) is 10.1 Å². The summed E-state index contributed by atoms with van der Waals surface area (Å²) in [7, 11) is 0. The predicted octanol–water partition coefficient (Wildman–Crippen LogP) is 6.11. The molecule has 6 rings (SSSR count). The number of rotatable bonds is 0. The number of hydrogen-bond acceptors (Lipinski definition) is 3. The third-order valence-corrected chi connectivity index (χ3v) is 11.6. The summed E-state index contributed by atoms with van der Waals surface area (Å²) in [5, 5.41) is 10.6. The summed E-state index contributed by atoms with van der Waals surface area (Å²) in [5.74, 6) is 2.32. The standard InChI is InChI=1S/C27H35NO2/c1-16-7-11-24(3)19-6-5-10-25(4)20(8-12-27(25)13-9-21(29)30-27)22(19)18-14-26(24,15-28)23(16)17(18)2/h18-20,22H,1,5-14H2,2-4H3/t18-,19?,20?,22?,24?,25?,26-,27+/m0/s1. The fourth-order valence-corrected chi connectivity index (χ4v) is 10.1. The van der Waals surface area contributed by atoms with Crippen LogP contribution in [0.25, 0.3) is 0 Å². The van der Waals surface area contributed by atoms with E-state index >= 15 is 0 Å². The molecule has 0 aromatic heterocycles. The zero-order chi connectivity index (χ0) is 21.1. The second-order valence-corrected chi connectivity index (χ2v) is 12.0. The maximum absolute atomic E-state index is 12.2. The first kappa shape index (κ1) is 19.1. The highest BCUT2D eigenvalue weighted by Crippen LogP contribution is 2.77. The van der Waals surface area contributed by atoms with Gasteiger partial charge in [-0.15, -0.1) is 0 Å². The average Bonchev–Trinajstić information content (AvgIpc) is 3.29. The van der Waals surface area contributed by atoms with Crippen molar-refractivity contribution in [1.82, 2.24) is 0 Å². The third kappa shape index (κ3) is 1.84. The molecule has 3 heteroatoms. The predicted molar refractivity (Wildman–Crippen MR) is 115 cm³/mol. The van der Waals surface area contributed by atoms with Crippen LogP contribution in [0.2, 0.25) is 0 Å². The Kier molecular flexibility index (Phi) is 3.59. The largest absolute Gasteiger partial charge is 0.458 e. The van der Waals surface area contributed by atoms with Crippen LogP contribution >= 0.6 is 0 Å². The molecule has 4 saturated carbocycles. The average molecular weight is 406 g/mol. The van der Waals surface area contributed by atoms with E-state index < -0.39 is 0 Å². The first-order valence-corrected chi connectivity index (χ1v) is 12.3. The van der Waals surface area contributed by atoms with Gasteiger partial charge in [0.1, 0.15) is 5.60 Å². The van der Waals surface area contributed by atoms with Gasteiger partial charge < -0.3 is 4.74 Å². The van der Waals surface area contributed by atoms with Gasteiger partial charge in [0.2, 0.25) is 0 Å². The molecule has 0 amide bonds. The topological polar surface area (TPSA) is 50.1 Å². The molecule has 5 unspecified atom stereocenters. The maximum Gasteiger partial charge on any atom is 0.306 e. The van der Waals surface area contributed by atoms with Gasteiger partial charge in [0.25, 0.3) is 0 Å². The van der Waals surface area contributed by atoms with Crippen LogP contribution in [0.1, 0.15) is 85.0 Å². The second-order valence-electron chi connectivity index (χ2n) is 12.0. The molecule has 0 radical (unpaired) electrons. The summed E-state index contributed by atoms with van der Waals surface area (Å²) in [6.07, 6.45) is 10.5. The Morgan fingerprint density at radius 3 is 2.53 bits per heavy atom. The lowest BCUT2D eigenvalue weighted by molar-refractivity contribution is -0.162. The lowest BCUT2D eigenvalue weighted by atomic mass is 9.43. The van der Waals surface area contributed by atoms with Crippen LogP contribution in [0.5, 0.6) is 0 Å². The van der Waals surface area contributed by atoms with Gasteiger partial charge in [0, 0.05) is 11.8 Å². The van der Waals surface area contributed by atoms with Crippen molar-refractivity contribution in [2.45, 2.75) is 90.6 Å². The smallest absolute Gasteiger partial charge is 0.306 e. The van der Waals surface area contributed by atoms with Gasteiger partial charge in [0.05, 0.1) is 11.5 Å². The van der Waals surface area contributed by atoms with Crippen molar-refractivity contribution in [3.05, 3.63) is 23.3 Å². The SMILES string of the molecule is C=C1CCC2(C)C3CCCC4(C)C(CC[C@@]45CCC(=O)O5)C3[C@H]3C[C@]2(C#N)C1=C3C. The van der Waals surface area contributed by atoms with E-state index in [0.29, 0.717) is 30.1 Å². The molecular weight excluding hydrogens is 370 g/mol. The van der Waals surface area contributed by atoms with Gasteiger partial charge in [-0.3, -0.25) is 4.79 Å². The molecule has 2 bridgehead atoms. The fourth-order valence-electron chi connectivity index (χ4n) is 10.1. The molecule has 30 heavy (non-hydrogen) atoms. The number of esters is 1. The summed E-state index contributed by atoms with van der Waals surface area (Å²) in [6.45, 7) is 11.7. The number of ether oxygens (including phenoxy) is 1. The molecule has 3 nitrogen and oxygen atoms in total. The Balaban J connectivity index is 1.52. The van der Waals surface area contributed by atoms with E-state index in [1.54, 1.807) is 0 Å². The number of nitriles is 1. The van der Waals surface area contributed by atoms with E-state index in [4.69, 9.17) is 4.74 Å². The Hall–Kier alpha value is -1.56. The van der Waals surface area contributed by atoms with Crippen molar-refractivity contribution in [2.75, 3.05) is 0 Å². The molecule has 0 N–H and O–H groups in total. The zero-order valence-electron chi connectivity index (χ0n) is 18.9. The maximum atomic E-state index is 12.2. The van der Waals surface area contributed by atoms with Gasteiger partial charge in [-0.25, -0.2) is 0 Å². The van der Waals surface area contributed by atoms with Gasteiger partial charge in [-0.2, -0.15) is 5.26 Å². The number of hydrogen-bond donors (Lipinski definition) is 0. The van der Waals surface area contributed by atoms with E-state index in [2.05, 4.69) is 33.4 Å².